The van der Waals surface area contributed by atoms with Gasteiger partial charge in [0.2, 0.25) is 5.82 Å². The second-order valence-corrected chi connectivity index (χ2v) is 6.59. The molecule has 4 nitrogen and oxygen atoms in total. The number of hydrogen-bond donors (Lipinski definition) is 2. The fourth-order valence-electron chi connectivity index (χ4n) is 2.64. The van der Waals surface area contributed by atoms with Crippen LogP contribution in [0.2, 0.25) is 0 Å². The van der Waals surface area contributed by atoms with Gasteiger partial charge in [0.25, 0.3) is 0 Å². The van der Waals surface area contributed by atoms with Gasteiger partial charge in [-0.05, 0) is 24.7 Å². The van der Waals surface area contributed by atoms with Crippen LogP contribution in [0.1, 0.15) is 24.1 Å². The highest BCUT2D eigenvalue weighted by molar-refractivity contribution is 7.80. The Morgan fingerprint density at radius 3 is 2.17 bits per heavy atom. The van der Waals surface area contributed by atoms with Crippen LogP contribution in [0.5, 0.6) is 0 Å². The van der Waals surface area contributed by atoms with Gasteiger partial charge in [-0.1, -0.05) is 30.3 Å². The molecule has 0 bridgehead atoms. The summed E-state index contributed by atoms with van der Waals surface area (Å²) in [6, 6.07) is 10.9. The van der Waals surface area contributed by atoms with Gasteiger partial charge in [0.1, 0.15) is 0 Å². The standard InChI is InChI=1S/C19H15F5N4S/c1-10(11-5-3-2-4-6-11)25-19(29)26-13-7-8-28(27-13)9-12-14(20)16(22)18(24)17(23)15(12)21/h2-8,10H,9H2,1H3,(H2,25,26,27,29). The summed E-state index contributed by atoms with van der Waals surface area (Å²) in [6.45, 7) is 1.26. The average Bonchev–Trinajstić information content (AvgIpc) is 3.15. The molecular weight excluding hydrogens is 411 g/mol. The molecule has 10 heteroatoms. The van der Waals surface area contributed by atoms with Crippen molar-refractivity contribution < 1.29 is 22.0 Å². The van der Waals surface area contributed by atoms with Crippen molar-refractivity contribution >= 4 is 23.1 Å². The SMILES string of the molecule is CC(NC(=S)Nc1ccn(Cc2c(F)c(F)c(F)c(F)c2F)n1)c1ccccc1. The Kier molecular flexibility index (Phi) is 6.12. The van der Waals surface area contributed by atoms with E-state index < -0.39 is 41.2 Å². The van der Waals surface area contributed by atoms with E-state index in [0.29, 0.717) is 0 Å². The Labute approximate surface area is 168 Å². The summed E-state index contributed by atoms with van der Waals surface area (Å²) in [4.78, 5) is 0. The third-order valence-corrected chi connectivity index (χ3v) is 4.37. The van der Waals surface area contributed by atoms with Crippen molar-refractivity contribution in [3.05, 3.63) is 82.8 Å². The number of benzene rings is 2. The molecule has 3 aromatic rings. The van der Waals surface area contributed by atoms with Crippen molar-refractivity contribution in [2.75, 3.05) is 5.32 Å². The van der Waals surface area contributed by atoms with Crippen LogP contribution in [0.3, 0.4) is 0 Å². The minimum absolute atomic E-state index is 0.0911. The molecule has 0 fully saturated rings. The van der Waals surface area contributed by atoms with Gasteiger partial charge in [-0.15, -0.1) is 0 Å². The highest BCUT2D eigenvalue weighted by Crippen LogP contribution is 2.23. The van der Waals surface area contributed by atoms with Crippen molar-refractivity contribution in [2.24, 2.45) is 0 Å². The highest BCUT2D eigenvalue weighted by Gasteiger charge is 2.25. The first-order valence-corrected chi connectivity index (χ1v) is 8.85. The molecule has 0 saturated heterocycles. The maximum Gasteiger partial charge on any atom is 0.200 e. The zero-order valence-electron chi connectivity index (χ0n) is 15.0. The van der Waals surface area contributed by atoms with E-state index in [1.807, 2.05) is 37.3 Å². The summed E-state index contributed by atoms with van der Waals surface area (Å²) in [7, 11) is 0. The number of nitrogens with one attached hydrogen (secondary N) is 2. The number of rotatable bonds is 5. The molecular formula is C19H15F5N4S. The minimum atomic E-state index is -2.20. The molecule has 3 rings (SSSR count). The first-order valence-electron chi connectivity index (χ1n) is 8.44. The third-order valence-electron chi connectivity index (χ3n) is 4.15. The molecule has 0 radical (unpaired) electrons. The highest BCUT2D eigenvalue weighted by atomic mass is 32.1. The summed E-state index contributed by atoms with van der Waals surface area (Å²) >= 11 is 5.21. The summed E-state index contributed by atoms with van der Waals surface area (Å²) in [5.41, 5.74) is 0.0305. The average molecular weight is 426 g/mol. The van der Waals surface area contributed by atoms with Crippen LogP contribution in [0, 0.1) is 29.1 Å². The lowest BCUT2D eigenvalue weighted by atomic mass is 10.1. The molecule has 2 N–H and O–H groups in total. The van der Waals surface area contributed by atoms with Crippen LogP contribution >= 0.6 is 12.2 Å². The molecule has 2 aromatic carbocycles. The molecule has 1 atom stereocenters. The molecule has 0 saturated carbocycles. The molecule has 0 aliphatic heterocycles. The Morgan fingerprint density at radius 1 is 0.966 bits per heavy atom. The number of nitrogens with zero attached hydrogens (tertiary/aromatic N) is 2. The van der Waals surface area contributed by atoms with Gasteiger partial charge in [0.15, 0.2) is 34.2 Å². The molecule has 0 amide bonds. The molecule has 0 aliphatic carbocycles. The lowest BCUT2D eigenvalue weighted by Crippen LogP contribution is -2.31. The predicted molar refractivity (Wildman–Crippen MR) is 102 cm³/mol. The smallest absolute Gasteiger partial charge is 0.200 e. The largest absolute Gasteiger partial charge is 0.356 e. The Bertz CT molecular complexity index is 1010. The van der Waals surface area contributed by atoms with Crippen LogP contribution in [-0.4, -0.2) is 14.9 Å². The summed E-state index contributed by atoms with van der Waals surface area (Å²) in [5, 5.41) is 10.1. The summed E-state index contributed by atoms with van der Waals surface area (Å²) < 4.78 is 68.4. The molecule has 1 heterocycles. The van der Waals surface area contributed by atoms with Gasteiger partial charge in [0.05, 0.1) is 18.2 Å². The van der Waals surface area contributed by atoms with Crippen molar-refractivity contribution in [2.45, 2.75) is 19.5 Å². The maximum atomic E-state index is 13.8. The van der Waals surface area contributed by atoms with Gasteiger partial charge in [-0.25, -0.2) is 22.0 Å². The van der Waals surface area contributed by atoms with Gasteiger partial charge < -0.3 is 10.6 Å². The molecule has 0 aliphatic rings. The number of hydrogen-bond acceptors (Lipinski definition) is 2. The second-order valence-electron chi connectivity index (χ2n) is 6.18. The number of thiocarbonyl (C=S) groups is 1. The lowest BCUT2D eigenvalue weighted by molar-refractivity contribution is 0.367. The molecule has 152 valence electrons. The minimum Gasteiger partial charge on any atom is -0.356 e. The fourth-order valence-corrected chi connectivity index (χ4v) is 2.92. The monoisotopic (exact) mass is 426 g/mol. The third kappa shape index (κ3) is 4.53. The molecule has 1 aromatic heterocycles. The van der Waals surface area contributed by atoms with Crippen LogP contribution in [0.25, 0.3) is 0 Å². The second kappa shape index (κ2) is 8.56. The van der Waals surface area contributed by atoms with E-state index >= 15 is 0 Å². The van der Waals surface area contributed by atoms with Gasteiger partial charge in [0, 0.05) is 12.3 Å². The predicted octanol–water partition coefficient (Wildman–Crippen LogP) is 4.67. The summed E-state index contributed by atoms with van der Waals surface area (Å²) in [6.07, 6.45) is 1.32. The topological polar surface area (TPSA) is 41.9 Å². The lowest BCUT2D eigenvalue weighted by Gasteiger charge is -2.16. The van der Waals surface area contributed by atoms with Crippen molar-refractivity contribution in [1.82, 2.24) is 15.1 Å². The van der Waals surface area contributed by atoms with Crippen molar-refractivity contribution in [3.63, 3.8) is 0 Å². The van der Waals surface area contributed by atoms with Crippen LogP contribution in [0.15, 0.2) is 42.6 Å². The van der Waals surface area contributed by atoms with E-state index in [2.05, 4.69) is 15.7 Å². The van der Waals surface area contributed by atoms with E-state index in [4.69, 9.17) is 12.2 Å². The first-order chi connectivity index (χ1) is 13.8. The molecule has 1 unspecified atom stereocenters. The Morgan fingerprint density at radius 2 is 1.55 bits per heavy atom. The summed E-state index contributed by atoms with van der Waals surface area (Å²) in [5.74, 6) is -9.72. The Balaban J connectivity index is 1.68. The number of anilines is 1. The number of aromatic nitrogens is 2. The van der Waals surface area contributed by atoms with Gasteiger partial charge >= 0.3 is 0 Å². The van der Waals surface area contributed by atoms with E-state index in [-0.39, 0.29) is 17.0 Å². The van der Waals surface area contributed by atoms with E-state index in [1.165, 1.54) is 12.3 Å². The van der Waals surface area contributed by atoms with Crippen LogP contribution in [-0.2, 0) is 6.54 Å². The van der Waals surface area contributed by atoms with Crippen molar-refractivity contribution in [1.29, 1.82) is 0 Å². The fraction of sp³-hybridized carbons (Fsp3) is 0.158. The van der Waals surface area contributed by atoms with Crippen molar-refractivity contribution in [3.8, 4) is 0 Å². The molecule has 29 heavy (non-hydrogen) atoms. The number of halogens is 5. The van der Waals surface area contributed by atoms with Crippen LogP contribution in [0.4, 0.5) is 27.8 Å². The Hall–Kier alpha value is -3.01. The van der Waals surface area contributed by atoms with E-state index in [9.17, 15) is 22.0 Å². The van der Waals surface area contributed by atoms with E-state index in [1.54, 1.807) is 0 Å². The van der Waals surface area contributed by atoms with Gasteiger partial charge in [-0.3, -0.25) is 4.68 Å². The first kappa shape index (κ1) is 20.7. The van der Waals surface area contributed by atoms with Crippen LogP contribution < -0.4 is 10.6 Å². The molecule has 0 spiro atoms. The quantitative estimate of drug-likeness (QED) is 0.269. The maximum absolute atomic E-state index is 13.8. The zero-order valence-corrected chi connectivity index (χ0v) is 15.8. The van der Waals surface area contributed by atoms with Gasteiger partial charge in [-0.2, -0.15) is 5.10 Å². The van der Waals surface area contributed by atoms with E-state index in [0.717, 1.165) is 10.2 Å². The normalized spacial score (nSPS) is 11.9. The zero-order chi connectivity index (χ0) is 21.1.